The summed E-state index contributed by atoms with van der Waals surface area (Å²) in [4.78, 5) is 11.5. The van der Waals surface area contributed by atoms with Gasteiger partial charge in [0.1, 0.15) is 11.9 Å². The molecule has 0 radical (unpaired) electrons. The highest BCUT2D eigenvalue weighted by Crippen LogP contribution is 2.32. The number of rotatable bonds is 4. The summed E-state index contributed by atoms with van der Waals surface area (Å²) in [7, 11) is 0. The van der Waals surface area contributed by atoms with Crippen molar-refractivity contribution in [3.63, 3.8) is 0 Å². The molecule has 1 amide bonds. The number of primary amides is 1. The Hall–Kier alpha value is -1.07. The summed E-state index contributed by atoms with van der Waals surface area (Å²) < 4.78 is 6.69. The lowest BCUT2D eigenvalue weighted by molar-refractivity contribution is 0.0906. The third-order valence-corrected chi connectivity index (χ3v) is 4.30. The maximum absolute atomic E-state index is 11.5. The molecule has 5 heteroatoms. The number of carbonyl (C=O) groups is 1. The Kier molecular flexibility index (Phi) is 4.82. The van der Waals surface area contributed by atoms with Crippen LogP contribution in [-0.4, -0.2) is 18.6 Å². The van der Waals surface area contributed by atoms with Gasteiger partial charge in [-0.3, -0.25) is 4.79 Å². The lowest BCUT2D eigenvalue weighted by Gasteiger charge is -2.31. The number of benzene rings is 1. The molecular formula is C14H19BrN2O2. The average Bonchev–Trinajstić information content (AvgIpc) is 2.39. The summed E-state index contributed by atoms with van der Waals surface area (Å²) in [6.45, 7) is 0.616. The maximum atomic E-state index is 11.5. The fourth-order valence-corrected chi connectivity index (χ4v) is 3.15. The van der Waals surface area contributed by atoms with Gasteiger partial charge in [0.25, 0.3) is 5.91 Å². The molecule has 0 heterocycles. The van der Waals surface area contributed by atoms with Crippen molar-refractivity contribution in [2.24, 2.45) is 17.4 Å². The van der Waals surface area contributed by atoms with E-state index in [2.05, 4.69) is 15.9 Å². The monoisotopic (exact) mass is 326 g/mol. The largest absolute Gasteiger partial charge is 0.489 e. The first-order valence-electron chi connectivity index (χ1n) is 6.58. The maximum Gasteiger partial charge on any atom is 0.253 e. The molecule has 104 valence electrons. The molecule has 2 rings (SSSR count). The molecule has 19 heavy (non-hydrogen) atoms. The van der Waals surface area contributed by atoms with Crippen molar-refractivity contribution in [2.45, 2.75) is 31.8 Å². The zero-order valence-electron chi connectivity index (χ0n) is 10.8. The van der Waals surface area contributed by atoms with Gasteiger partial charge in [0.2, 0.25) is 0 Å². The highest BCUT2D eigenvalue weighted by Gasteiger charge is 2.27. The molecule has 0 spiro atoms. The van der Waals surface area contributed by atoms with E-state index in [-0.39, 0.29) is 6.10 Å². The molecular weight excluding hydrogens is 308 g/mol. The van der Waals surface area contributed by atoms with Gasteiger partial charge in [-0.2, -0.15) is 0 Å². The highest BCUT2D eigenvalue weighted by molar-refractivity contribution is 9.10. The van der Waals surface area contributed by atoms with Crippen molar-refractivity contribution < 1.29 is 9.53 Å². The number of hydrogen-bond acceptors (Lipinski definition) is 3. The van der Waals surface area contributed by atoms with Crippen molar-refractivity contribution >= 4 is 21.8 Å². The van der Waals surface area contributed by atoms with Crippen LogP contribution in [0.15, 0.2) is 22.7 Å². The van der Waals surface area contributed by atoms with Crippen LogP contribution in [0.1, 0.15) is 36.0 Å². The number of carbonyl (C=O) groups excluding carboxylic acids is 1. The van der Waals surface area contributed by atoms with E-state index in [1.807, 2.05) is 6.07 Å². The van der Waals surface area contributed by atoms with Gasteiger partial charge >= 0.3 is 0 Å². The molecule has 1 saturated carbocycles. The average molecular weight is 327 g/mol. The second-order valence-corrected chi connectivity index (χ2v) is 5.77. The van der Waals surface area contributed by atoms with Crippen LogP contribution >= 0.6 is 15.9 Å². The second kappa shape index (κ2) is 6.39. The molecule has 0 saturated heterocycles. The van der Waals surface area contributed by atoms with Crippen molar-refractivity contribution in [1.29, 1.82) is 0 Å². The van der Waals surface area contributed by atoms with Crippen molar-refractivity contribution in [2.75, 3.05) is 6.54 Å². The van der Waals surface area contributed by atoms with Crippen LogP contribution in [-0.2, 0) is 0 Å². The van der Waals surface area contributed by atoms with Crippen LogP contribution in [0.2, 0.25) is 0 Å². The van der Waals surface area contributed by atoms with E-state index in [1.165, 1.54) is 6.42 Å². The Morgan fingerprint density at radius 1 is 1.37 bits per heavy atom. The van der Waals surface area contributed by atoms with E-state index in [0.717, 1.165) is 19.3 Å². The van der Waals surface area contributed by atoms with Crippen LogP contribution in [0.25, 0.3) is 0 Å². The standard InChI is InChI=1S/C14H19BrN2O2/c15-10-5-3-7-12(13(10)14(17)18)19-11-6-2-1-4-9(11)8-16/h3,5,7,9,11H,1-2,4,6,8,16H2,(H2,17,18). The highest BCUT2D eigenvalue weighted by atomic mass is 79.9. The Morgan fingerprint density at radius 2 is 2.11 bits per heavy atom. The fourth-order valence-electron chi connectivity index (χ4n) is 2.60. The minimum atomic E-state index is -0.484. The minimum Gasteiger partial charge on any atom is -0.489 e. The zero-order chi connectivity index (χ0) is 13.8. The van der Waals surface area contributed by atoms with Gasteiger partial charge in [-0.05, 0) is 53.9 Å². The van der Waals surface area contributed by atoms with E-state index in [9.17, 15) is 4.79 Å². The van der Waals surface area contributed by atoms with Gasteiger partial charge < -0.3 is 16.2 Å². The molecule has 4 nitrogen and oxygen atoms in total. The van der Waals surface area contributed by atoms with Crippen molar-refractivity contribution in [1.82, 2.24) is 0 Å². The first kappa shape index (κ1) is 14.3. The van der Waals surface area contributed by atoms with Crippen LogP contribution in [0.5, 0.6) is 5.75 Å². The van der Waals surface area contributed by atoms with E-state index in [1.54, 1.807) is 12.1 Å². The van der Waals surface area contributed by atoms with Gasteiger partial charge in [0.15, 0.2) is 0 Å². The quantitative estimate of drug-likeness (QED) is 0.891. The van der Waals surface area contributed by atoms with Gasteiger partial charge in [-0.1, -0.05) is 12.5 Å². The van der Waals surface area contributed by atoms with Gasteiger partial charge in [-0.15, -0.1) is 0 Å². The summed E-state index contributed by atoms with van der Waals surface area (Å²) in [5.41, 5.74) is 11.6. The number of amides is 1. The number of ether oxygens (including phenoxy) is 1. The lowest BCUT2D eigenvalue weighted by atomic mass is 9.86. The van der Waals surface area contributed by atoms with Crippen LogP contribution in [0, 0.1) is 5.92 Å². The fraction of sp³-hybridized carbons (Fsp3) is 0.500. The summed E-state index contributed by atoms with van der Waals surface area (Å²) in [6.07, 6.45) is 4.48. The Balaban J connectivity index is 2.22. The van der Waals surface area contributed by atoms with E-state index >= 15 is 0 Å². The molecule has 2 unspecified atom stereocenters. The number of nitrogens with two attached hydrogens (primary N) is 2. The van der Waals surface area contributed by atoms with Crippen LogP contribution in [0.3, 0.4) is 0 Å². The minimum absolute atomic E-state index is 0.0751. The molecule has 2 atom stereocenters. The van der Waals surface area contributed by atoms with Gasteiger partial charge in [-0.25, -0.2) is 0 Å². The van der Waals surface area contributed by atoms with Crippen molar-refractivity contribution in [3.8, 4) is 5.75 Å². The lowest BCUT2D eigenvalue weighted by Crippen LogP contribution is -2.35. The predicted octanol–water partition coefficient (Wildman–Crippen LogP) is 2.44. The molecule has 0 bridgehead atoms. The molecule has 1 aromatic rings. The molecule has 0 aromatic heterocycles. The Bertz CT molecular complexity index is 465. The van der Waals surface area contributed by atoms with E-state index in [4.69, 9.17) is 16.2 Å². The molecule has 1 aromatic carbocycles. The Labute approximate surface area is 121 Å². The normalized spacial score (nSPS) is 23.1. The molecule has 1 aliphatic carbocycles. The molecule has 0 aliphatic heterocycles. The number of hydrogen-bond donors (Lipinski definition) is 2. The first-order valence-corrected chi connectivity index (χ1v) is 7.37. The molecule has 1 aliphatic rings. The predicted molar refractivity (Wildman–Crippen MR) is 78.1 cm³/mol. The molecule has 4 N–H and O–H groups in total. The van der Waals surface area contributed by atoms with Gasteiger partial charge in [0, 0.05) is 10.4 Å². The topological polar surface area (TPSA) is 78.3 Å². The third-order valence-electron chi connectivity index (χ3n) is 3.64. The van der Waals surface area contributed by atoms with Crippen LogP contribution in [0.4, 0.5) is 0 Å². The molecule has 1 fully saturated rings. The second-order valence-electron chi connectivity index (χ2n) is 4.91. The third kappa shape index (κ3) is 3.28. The van der Waals surface area contributed by atoms with Crippen LogP contribution < -0.4 is 16.2 Å². The zero-order valence-corrected chi connectivity index (χ0v) is 12.4. The summed E-state index contributed by atoms with van der Waals surface area (Å²) >= 11 is 3.34. The van der Waals surface area contributed by atoms with Gasteiger partial charge in [0.05, 0.1) is 5.56 Å². The van der Waals surface area contributed by atoms with E-state index in [0.29, 0.717) is 28.2 Å². The summed E-state index contributed by atoms with van der Waals surface area (Å²) in [5, 5.41) is 0. The number of halogens is 1. The smallest absolute Gasteiger partial charge is 0.253 e. The first-order chi connectivity index (χ1) is 9.13. The Morgan fingerprint density at radius 3 is 2.79 bits per heavy atom. The van der Waals surface area contributed by atoms with Crippen molar-refractivity contribution in [3.05, 3.63) is 28.2 Å². The SMILES string of the molecule is NCC1CCCCC1Oc1cccc(Br)c1C(N)=O. The summed E-state index contributed by atoms with van der Waals surface area (Å²) in [6, 6.07) is 5.41. The summed E-state index contributed by atoms with van der Waals surface area (Å²) in [5.74, 6) is 0.420. The van der Waals surface area contributed by atoms with E-state index < -0.39 is 5.91 Å².